The van der Waals surface area contributed by atoms with Gasteiger partial charge in [0.25, 0.3) is 0 Å². The number of halogens is 1. The molecular formula is C31H32BrN3O4S. The van der Waals surface area contributed by atoms with E-state index in [1.54, 1.807) is 16.7 Å². The van der Waals surface area contributed by atoms with Gasteiger partial charge in [0.2, 0.25) is 17.7 Å². The van der Waals surface area contributed by atoms with Crippen LogP contribution in [0.25, 0.3) is 10.8 Å². The number of anilines is 1. The second-order valence-electron chi connectivity index (χ2n) is 10.9. The molecule has 3 saturated heterocycles. The second kappa shape index (κ2) is 11.2. The van der Waals surface area contributed by atoms with E-state index < -0.39 is 22.6 Å². The summed E-state index contributed by atoms with van der Waals surface area (Å²) >= 11 is 5.44. The van der Waals surface area contributed by atoms with Gasteiger partial charge in [-0.2, -0.15) is 0 Å². The van der Waals surface area contributed by atoms with Crippen molar-refractivity contribution in [3.8, 4) is 0 Å². The summed E-state index contributed by atoms with van der Waals surface area (Å²) in [6.07, 6.45) is 1.76. The molecule has 3 fully saturated rings. The summed E-state index contributed by atoms with van der Waals surface area (Å²) < 4.78 is -0.704. The average molecular weight is 623 g/mol. The first-order valence-corrected chi connectivity index (χ1v) is 15.6. The predicted molar refractivity (Wildman–Crippen MR) is 161 cm³/mol. The third kappa shape index (κ3) is 4.72. The van der Waals surface area contributed by atoms with Crippen molar-refractivity contribution in [1.29, 1.82) is 0 Å². The van der Waals surface area contributed by atoms with Crippen LogP contribution in [0.15, 0.2) is 72.8 Å². The summed E-state index contributed by atoms with van der Waals surface area (Å²) in [5, 5.41) is 17.6. The SMILES string of the molecule is O=C(Nc1ccc2ccccc2c1)C1N(CCCCO)C(=O)[C@@H]2[C@H](C(=O)NCc3ccccc3)[C@H]3SC12CC3Br. The molecule has 3 aromatic rings. The van der Waals surface area contributed by atoms with Crippen molar-refractivity contribution in [2.45, 2.75) is 46.7 Å². The molecular weight excluding hydrogens is 590 g/mol. The summed E-state index contributed by atoms with van der Waals surface area (Å²) in [5.74, 6) is -1.61. The van der Waals surface area contributed by atoms with Gasteiger partial charge < -0.3 is 20.6 Å². The fourth-order valence-corrected chi connectivity index (χ4v) is 10.4. The smallest absolute Gasteiger partial charge is 0.248 e. The largest absolute Gasteiger partial charge is 0.396 e. The predicted octanol–water partition coefficient (Wildman–Crippen LogP) is 4.33. The van der Waals surface area contributed by atoms with Crippen LogP contribution in [0, 0.1) is 11.8 Å². The summed E-state index contributed by atoms with van der Waals surface area (Å²) in [7, 11) is 0. The van der Waals surface area contributed by atoms with Crippen LogP contribution in [0.3, 0.4) is 0 Å². The maximum Gasteiger partial charge on any atom is 0.248 e. The number of alkyl halides is 1. The van der Waals surface area contributed by atoms with Gasteiger partial charge in [0.15, 0.2) is 0 Å². The number of carbonyl (C=O) groups is 3. The Kier molecular flexibility index (Phi) is 7.63. The minimum absolute atomic E-state index is 0.0161. The minimum Gasteiger partial charge on any atom is -0.396 e. The van der Waals surface area contributed by atoms with E-state index in [1.165, 1.54) is 0 Å². The number of benzene rings is 3. The van der Waals surface area contributed by atoms with E-state index >= 15 is 0 Å². The Labute approximate surface area is 246 Å². The van der Waals surface area contributed by atoms with Crippen molar-refractivity contribution in [3.63, 3.8) is 0 Å². The fourth-order valence-electron chi connectivity index (χ4n) is 6.74. The molecule has 6 atom stereocenters. The van der Waals surface area contributed by atoms with Gasteiger partial charge in [-0.05, 0) is 47.7 Å². The highest BCUT2D eigenvalue weighted by atomic mass is 79.9. The lowest BCUT2D eigenvalue weighted by molar-refractivity contribution is -0.139. The molecule has 3 heterocycles. The van der Waals surface area contributed by atoms with Gasteiger partial charge in [-0.3, -0.25) is 14.4 Å². The Hall–Kier alpha value is -2.88. The number of hydrogen-bond acceptors (Lipinski definition) is 5. The molecule has 6 rings (SSSR count). The molecule has 7 nitrogen and oxygen atoms in total. The number of aliphatic hydroxyl groups excluding tert-OH is 1. The maximum atomic E-state index is 14.1. The van der Waals surface area contributed by atoms with Gasteiger partial charge in [0.1, 0.15) is 6.04 Å². The van der Waals surface area contributed by atoms with Crippen LogP contribution in [-0.2, 0) is 20.9 Å². The quantitative estimate of drug-likeness (QED) is 0.244. The fraction of sp³-hybridized carbons (Fsp3) is 0.387. The minimum atomic E-state index is -0.711. The molecule has 2 bridgehead atoms. The topological polar surface area (TPSA) is 98.7 Å². The Morgan fingerprint density at radius 3 is 2.52 bits per heavy atom. The first-order valence-electron chi connectivity index (χ1n) is 13.8. The molecule has 3 aliphatic heterocycles. The lowest BCUT2D eigenvalue weighted by Crippen LogP contribution is -2.53. The Morgan fingerprint density at radius 1 is 1.00 bits per heavy atom. The Morgan fingerprint density at radius 2 is 1.75 bits per heavy atom. The van der Waals surface area contributed by atoms with Crippen LogP contribution >= 0.6 is 27.7 Å². The average Bonchev–Trinajstić information content (AvgIpc) is 3.55. The van der Waals surface area contributed by atoms with Crippen LogP contribution in [0.4, 0.5) is 5.69 Å². The van der Waals surface area contributed by atoms with E-state index in [1.807, 2.05) is 72.8 Å². The van der Waals surface area contributed by atoms with Gasteiger partial charge in [-0.25, -0.2) is 0 Å². The Balaban J connectivity index is 1.29. The monoisotopic (exact) mass is 621 g/mol. The molecule has 1 spiro atoms. The molecule has 208 valence electrons. The number of carbonyl (C=O) groups excluding carboxylic acids is 3. The lowest BCUT2D eigenvalue weighted by atomic mass is 9.70. The van der Waals surface area contributed by atoms with Crippen molar-refractivity contribution < 1.29 is 19.5 Å². The molecule has 0 saturated carbocycles. The molecule has 0 aromatic heterocycles. The zero-order valence-corrected chi connectivity index (χ0v) is 24.4. The highest BCUT2D eigenvalue weighted by Gasteiger charge is 2.75. The number of unbranched alkanes of at least 4 members (excludes halogenated alkanes) is 1. The van der Waals surface area contributed by atoms with Crippen LogP contribution in [-0.4, -0.2) is 61.7 Å². The number of aliphatic hydroxyl groups is 1. The number of nitrogens with zero attached hydrogens (tertiary/aromatic N) is 1. The lowest BCUT2D eigenvalue weighted by Gasteiger charge is -2.35. The number of fused-ring (bicyclic) bond motifs is 2. The van der Waals surface area contributed by atoms with E-state index in [0.717, 1.165) is 16.3 Å². The van der Waals surface area contributed by atoms with E-state index in [4.69, 9.17) is 0 Å². The maximum absolute atomic E-state index is 14.1. The van der Waals surface area contributed by atoms with E-state index in [2.05, 4.69) is 26.6 Å². The van der Waals surface area contributed by atoms with Gasteiger partial charge >= 0.3 is 0 Å². The molecule has 3 unspecified atom stereocenters. The van der Waals surface area contributed by atoms with Crippen molar-refractivity contribution in [3.05, 3.63) is 78.4 Å². The van der Waals surface area contributed by atoms with Crippen LogP contribution < -0.4 is 10.6 Å². The molecule has 40 heavy (non-hydrogen) atoms. The summed E-state index contributed by atoms with van der Waals surface area (Å²) in [5.41, 5.74) is 1.67. The molecule has 9 heteroatoms. The van der Waals surface area contributed by atoms with Crippen molar-refractivity contribution in [2.75, 3.05) is 18.5 Å². The molecule has 3 N–H and O–H groups in total. The summed E-state index contributed by atoms with van der Waals surface area (Å²) in [6.45, 7) is 0.778. The zero-order chi connectivity index (χ0) is 27.9. The number of nitrogens with one attached hydrogen (secondary N) is 2. The summed E-state index contributed by atoms with van der Waals surface area (Å²) in [4.78, 5) is 43.5. The third-order valence-corrected chi connectivity index (χ3v) is 11.7. The van der Waals surface area contributed by atoms with Gasteiger partial charge in [-0.1, -0.05) is 76.6 Å². The normalized spacial score (nSPS) is 28.6. The van der Waals surface area contributed by atoms with Crippen molar-refractivity contribution >= 4 is 61.9 Å². The highest BCUT2D eigenvalue weighted by Crippen LogP contribution is 2.67. The van der Waals surface area contributed by atoms with Crippen LogP contribution in [0.5, 0.6) is 0 Å². The van der Waals surface area contributed by atoms with E-state index in [9.17, 15) is 19.5 Å². The molecule has 3 aromatic carbocycles. The van der Waals surface area contributed by atoms with Crippen LogP contribution in [0.2, 0.25) is 0 Å². The van der Waals surface area contributed by atoms with Gasteiger partial charge in [-0.15, -0.1) is 11.8 Å². The highest BCUT2D eigenvalue weighted by molar-refractivity contribution is 9.09. The third-order valence-electron chi connectivity index (χ3n) is 8.47. The number of rotatable bonds is 9. The number of thioether (sulfide) groups is 1. The molecule has 0 aliphatic carbocycles. The first kappa shape index (κ1) is 27.3. The first-order chi connectivity index (χ1) is 19.4. The standard InChI is InChI=1S/C31H32BrN3O4S/c32-23-17-31-25(24(26(23)40-31)28(37)33-18-19-8-2-1-3-9-19)30(39)35(14-6-7-15-36)27(31)29(38)34-22-13-12-20-10-4-5-11-21(20)16-22/h1-5,8-13,16,23-27,36H,6-7,14-15,17-18H2,(H,33,37)(H,34,38)/t23?,24-,25-,26-,27?,31?/m0/s1. The number of hydrogen-bond donors (Lipinski definition) is 3. The molecule has 3 aliphatic rings. The zero-order valence-electron chi connectivity index (χ0n) is 22.0. The van der Waals surface area contributed by atoms with E-state index in [-0.39, 0.29) is 34.4 Å². The van der Waals surface area contributed by atoms with Gasteiger partial charge in [0, 0.05) is 35.5 Å². The molecule has 3 amide bonds. The number of amides is 3. The van der Waals surface area contributed by atoms with Crippen molar-refractivity contribution in [1.82, 2.24) is 10.2 Å². The molecule has 0 radical (unpaired) electrons. The number of likely N-dealkylation sites (tertiary alicyclic amines) is 1. The van der Waals surface area contributed by atoms with E-state index in [0.29, 0.717) is 38.0 Å². The van der Waals surface area contributed by atoms with Crippen molar-refractivity contribution in [2.24, 2.45) is 11.8 Å². The van der Waals surface area contributed by atoms with Gasteiger partial charge in [0.05, 0.1) is 16.6 Å². The van der Waals surface area contributed by atoms with Crippen LogP contribution in [0.1, 0.15) is 24.8 Å². The second-order valence-corrected chi connectivity index (χ2v) is 13.6. The summed E-state index contributed by atoms with van der Waals surface area (Å²) in [6, 6.07) is 22.8. The Bertz CT molecular complexity index is 1440.